The van der Waals surface area contributed by atoms with Gasteiger partial charge in [0.05, 0.1) is 5.02 Å². The van der Waals surface area contributed by atoms with Crippen molar-refractivity contribution in [2.24, 2.45) is 5.92 Å². The first-order valence-electron chi connectivity index (χ1n) is 5.65. The van der Waals surface area contributed by atoms with Crippen molar-refractivity contribution in [1.82, 2.24) is 5.32 Å². The van der Waals surface area contributed by atoms with Crippen LogP contribution in [0.4, 0.5) is 10.1 Å². The second-order valence-electron chi connectivity index (χ2n) is 4.05. The molecule has 5 heteroatoms. The molecule has 0 amide bonds. The van der Waals surface area contributed by atoms with E-state index in [1.54, 1.807) is 0 Å². The van der Waals surface area contributed by atoms with Crippen molar-refractivity contribution in [2.75, 3.05) is 25.4 Å². The summed E-state index contributed by atoms with van der Waals surface area (Å²) in [6.07, 6.45) is 2.30. The number of piperidine rings is 1. The van der Waals surface area contributed by atoms with Gasteiger partial charge in [0.25, 0.3) is 0 Å². The normalized spacial score (nSPS) is 16.2. The molecule has 17 heavy (non-hydrogen) atoms. The number of benzene rings is 1. The highest BCUT2D eigenvalue weighted by atomic mass is 35.5. The van der Waals surface area contributed by atoms with Gasteiger partial charge in [-0.15, -0.1) is 0 Å². The maximum Gasteiger partial charge on any atom is 0.141 e. The van der Waals surface area contributed by atoms with E-state index < -0.39 is 5.82 Å². The van der Waals surface area contributed by atoms with Crippen LogP contribution in [0.1, 0.15) is 12.8 Å². The highest BCUT2D eigenvalue weighted by Gasteiger charge is 2.10. The fourth-order valence-corrected chi connectivity index (χ4v) is 1.77. The number of aliphatic hydroxyl groups is 1. The Morgan fingerprint density at radius 3 is 2.47 bits per heavy atom. The van der Waals surface area contributed by atoms with E-state index >= 15 is 0 Å². The molecule has 0 saturated carbocycles. The van der Waals surface area contributed by atoms with E-state index in [1.807, 2.05) is 0 Å². The number of hydrogen-bond donors (Lipinski definition) is 3. The summed E-state index contributed by atoms with van der Waals surface area (Å²) in [6, 6.07) is 4.07. The van der Waals surface area contributed by atoms with Crippen molar-refractivity contribution in [3.63, 3.8) is 0 Å². The summed E-state index contributed by atoms with van der Waals surface area (Å²) >= 11 is 5.36. The van der Waals surface area contributed by atoms with Crippen LogP contribution < -0.4 is 11.1 Å². The average Bonchev–Trinajstić information content (AvgIpc) is 2.36. The minimum Gasteiger partial charge on any atom is -0.399 e. The summed E-state index contributed by atoms with van der Waals surface area (Å²) in [5, 5.41) is 12.0. The zero-order valence-electron chi connectivity index (χ0n) is 9.63. The van der Waals surface area contributed by atoms with E-state index in [9.17, 15) is 4.39 Å². The maximum absolute atomic E-state index is 12.3. The Labute approximate surface area is 106 Å². The van der Waals surface area contributed by atoms with Crippen molar-refractivity contribution in [2.45, 2.75) is 12.8 Å². The van der Waals surface area contributed by atoms with E-state index in [0.29, 0.717) is 18.2 Å². The second-order valence-corrected chi connectivity index (χ2v) is 4.46. The van der Waals surface area contributed by atoms with Gasteiger partial charge >= 0.3 is 0 Å². The predicted molar refractivity (Wildman–Crippen MR) is 68.5 cm³/mol. The highest BCUT2D eigenvalue weighted by Crippen LogP contribution is 2.16. The summed E-state index contributed by atoms with van der Waals surface area (Å²) in [6.45, 7) is 2.55. The lowest BCUT2D eigenvalue weighted by Crippen LogP contribution is -2.29. The quantitative estimate of drug-likeness (QED) is 0.678. The molecule has 0 radical (unpaired) electrons. The summed E-state index contributed by atoms with van der Waals surface area (Å²) in [4.78, 5) is 0. The number of rotatable bonds is 1. The summed E-state index contributed by atoms with van der Waals surface area (Å²) < 4.78 is 12.3. The van der Waals surface area contributed by atoms with E-state index in [-0.39, 0.29) is 5.02 Å². The average molecular weight is 261 g/mol. The monoisotopic (exact) mass is 260 g/mol. The molecule has 96 valence electrons. The first-order chi connectivity index (χ1) is 8.13. The van der Waals surface area contributed by atoms with Crippen LogP contribution in [0.3, 0.4) is 0 Å². The Balaban J connectivity index is 0.000000171. The van der Waals surface area contributed by atoms with Crippen LogP contribution in [0.5, 0.6) is 0 Å². The lowest BCUT2D eigenvalue weighted by atomic mass is 10.00. The highest BCUT2D eigenvalue weighted by molar-refractivity contribution is 6.31. The topological polar surface area (TPSA) is 58.3 Å². The number of nitrogens with two attached hydrogens (primary N) is 1. The fourth-order valence-electron chi connectivity index (χ4n) is 1.58. The van der Waals surface area contributed by atoms with Gasteiger partial charge in [0.2, 0.25) is 0 Å². The van der Waals surface area contributed by atoms with Crippen LogP contribution in [-0.2, 0) is 0 Å². The predicted octanol–water partition coefficient (Wildman–Crippen LogP) is 2.04. The van der Waals surface area contributed by atoms with Crippen LogP contribution in [0.15, 0.2) is 18.2 Å². The van der Waals surface area contributed by atoms with E-state index in [4.69, 9.17) is 22.4 Å². The Kier molecular flexibility index (Phi) is 6.26. The van der Waals surface area contributed by atoms with Crippen LogP contribution in [-0.4, -0.2) is 24.8 Å². The minimum absolute atomic E-state index is 0.0648. The molecule has 0 spiro atoms. The molecule has 1 aliphatic heterocycles. The van der Waals surface area contributed by atoms with Crippen LogP contribution in [0, 0.1) is 11.7 Å². The number of nitrogen functional groups attached to an aromatic ring is 1. The third kappa shape index (κ3) is 5.35. The van der Waals surface area contributed by atoms with Gasteiger partial charge in [-0.05, 0) is 50.0 Å². The molecule has 1 aromatic carbocycles. The summed E-state index contributed by atoms with van der Waals surface area (Å²) in [5.74, 6) is 0.141. The SMILES string of the molecule is Nc1ccc(F)c(Cl)c1.OCC1CCNCC1. The molecule has 1 aromatic rings. The van der Waals surface area contributed by atoms with E-state index in [2.05, 4.69) is 5.32 Å². The zero-order valence-corrected chi connectivity index (χ0v) is 10.4. The standard InChI is InChI=1S/C6H5ClFN.C6H13NO/c7-5-3-4(9)1-2-6(5)8;8-5-6-1-3-7-4-2-6/h1-3H,9H2;6-8H,1-5H2. The van der Waals surface area contributed by atoms with Crippen LogP contribution in [0.25, 0.3) is 0 Å². The van der Waals surface area contributed by atoms with Gasteiger partial charge in [0.1, 0.15) is 5.82 Å². The zero-order chi connectivity index (χ0) is 12.7. The largest absolute Gasteiger partial charge is 0.399 e. The van der Waals surface area contributed by atoms with Gasteiger partial charge in [0, 0.05) is 12.3 Å². The molecule has 1 aliphatic rings. The molecular weight excluding hydrogens is 243 g/mol. The van der Waals surface area contributed by atoms with Crippen molar-refractivity contribution in [3.05, 3.63) is 29.0 Å². The molecule has 0 aromatic heterocycles. The van der Waals surface area contributed by atoms with Crippen molar-refractivity contribution in [1.29, 1.82) is 0 Å². The first kappa shape index (κ1) is 14.2. The van der Waals surface area contributed by atoms with Gasteiger partial charge in [-0.25, -0.2) is 4.39 Å². The number of hydrogen-bond acceptors (Lipinski definition) is 3. The summed E-state index contributed by atoms with van der Waals surface area (Å²) in [5.41, 5.74) is 5.75. The van der Waals surface area contributed by atoms with Gasteiger partial charge in [-0.2, -0.15) is 0 Å². The van der Waals surface area contributed by atoms with Gasteiger partial charge in [-0.3, -0.25) is 0 Å². The van der Waals surface area contributed by atoms with Gasteiger partial charge in [-0.1, -0.05) is 11.6 Å². The third-order valence-corrected chi connectivity index (χ3v) is 2.95. The third-order valence-electron chi connectivity index (χ3n) is 2.66. The molecule has 1 saturated heterocycles. The Hall–Kier alpha value is -0.840. The molecule has 1 fully saturated rings. The number of nitrogens with one attached hydrogen (secondary N) is 1. The second kappa shape index (κ2) is 7.48. The van der Waals surface area contributed by atoms with Crippen LogP contribution in [0.2, 0.25) is 5.02 Å². The van der Waals surface area contributed by atoms with Crippen molar-refractivity contribution >= 4 is 17.3 Å². The molecule has 3 nitrogen and oxygen atoms in total. The van der Waals surface area contributed by atoms with Crippen LogP contribution >= 0.6 is 11.6 Å². The molecule has 4 N–H and O–H groups in total. The fraction of sp³-hybridized carbons (Fsp3) is 0.500. The van der Waals surface area contributed by atoms with Crippen molar-refractivity contribution < 1.29 is 9.50 Å². The molecular formula is C12H18ClFN2O. The minimum atomic E-state index is -0.439. The molecule has 0 bridgehead atoms. The Bertz CT molecular complexity index is 343. The molecule has 2 rings (SSSR count). The maximum atomic E-state index is 12.3. The van der Waals surface area contributed by atoms with Crippen molar-refractivity contribution in [3.8, 4) is 0 Å². The smallest absolute Gasteiger partial charge is 0.141 e. The van der Waals surface area contributed by atoms with E-state index in [0.717, 1.165) is 25.9 Å². The molecule has 0 atom stereocenters. The Morgan fingerprint density at radius 2 is 2.06 bits per heavy atom. The lowest BCUT2D eigenvalue weighted by Gasteiger charge is -2.19. The molecule has 0 unspecified atom stereocenters. The summed E-state index contributed by atoms with van der Waals surface area (Å²) in [7, 11) is 0. The Morgan fingerprint density at radius 1 is 1.41 bits per heavy atom. The van der Waals surface area contributed by atoms with E-state index in [1.165, 1.54) is 18.2 Å². The molecule has 1 heterocycles. The first-order valence-corrected chi connectivity index (χ1v) is 6.03. The molecule has 0 aliphatic carbocycles. The number of halogens is 2. The van der Waals surface area contributed by atoms with Gasteiger partial charge < -0.3 is 16.2 Å². The van der Waals surface area contributed by atoms with Gasteiger partial charge in [0.15, 0.2) is 0 Å². The number of aliphatic hydroxyl groups excluding tert-OH is 1. The lowest BCUT2D eigenvalue weighted by molar-refractivity contribution is 0.196. The number of anilines is 1.